The van der Waals surface area contributed by atoms with Crippen LogP contribution in [-0.2, 0) is 20.9 Å². The van der Waals surface area contributed by atoms with Crippen molar-refractivity contribution in [2.24, 2.45) is 0 Å². The van der Waals surface area contributed by atoms with E-state index in [-0.39, 0.29) is 25.0 Å². The highest BCUT2D eigenvalue weighted by Gasteiger charge is 2.34. The Morgan fingerprint density at radius 2 is 2.17 bits per heavy atom. The largest absolute Gasteiger partial charge is 0.369 e. The fourth-order valence-corrected chi connectivity index (χ4v) is 3.07. The zero-order chi connectivity index (χ0) is 16.1. The highest BCUT2D eigenvalue weighted by atomic mass is 16.5. The average molecular weight is 317 g/mol. The Hall–Kier alpha value is -1.92. The fraction of sp³-hybridized carbons (Fsp3) is 0.529. The molecule has 2 amide bonds. The first-order valence-electron chi connectivity index (χ1n) is 8.16. The van der Waals surface area contributed by atoms with Crippen molar-refractivity contribution < 1.29 is 14.3 Å². The minimum absolute atomic E-state index is 0.0425. The van der Waals surface area contributed by atoms with Crippen LogP contribution in [0.5, 0.6) is 0 Å². The number of hydrogen-bond donors (Lipinski definition) is 2. The van der Waals surface area contributed by atoms with E-state index in [1.165, 1.54) is 0 Å². The van der Waals surface area contributed by atoms with Gasteiger partial charge < -0.3 is 20.3 Å². The molecule has 2 atom stereocenters. The number of amides is 2. The number of nitrogens with one attached hydrogen (secondary N) is 2. The van der Waals surface area contributed by atoms with Crippen LogP contribution in [0.3, 0.4) is 0 Å². The van der Waals surface area contributed by atoms with Gasteiger partial charge in [0.05, 0.1) is 6.61 Å². The van der Waals surface area contributed by atoms with E-state index in [4.69, 9.17) is 4.74 Å². The molecule has 2 aliphatic rings. The van der Waals surface area contributed by atoms with Crippen LogP contribution >= 0.6 is 0 Å². The molecule has 1 aromatic carbocycles. The van der Waals surface area contributed by atoms with Crippen LogP contribution in [0.25, 0.3) is 0 Å². The van der Waals surface area contributed by atoms with Crippen molar-refractivity contribution in [3.05, 3.63) is 35.9 Å². The van der Waals surface area contributed by atoms with Crippen LogP contribution < -0.4 is 10.6 Å². The SMILES string of the molecule is O=C(NCC1CCCN1)[C@H]1COCC(=O)N1Cc1ccccc1. The predicted octanol–water partition coefficient (Wildman–Crippen LogP) is 0.282. The molecule has 0 aromatic heterocycles. The molecule has 6 nitrogen and oxygen atoms in total. The molecule has 2 aliphatic heterocycles. The van der Waals surface area contributed by atoms with Crippen molar-refractivity contribution in [1.82, 2.24) is 15.5 Å². The lowest BCUT2D eigenvalue weighted by atomic mass is 10.1. The second-order valence-electron chi connectivity index (χ2n) is 6.08. The van der Waals surface area contributed by atoms with Crippen molar-refractivity contribution in [3.63, 3.8) is 0 Å². The van der Waals surface area contributed by atoms with E-state index in [2.05, 4.69) is 10.6 Å². The summed E-state index contributed by atoms with van der Waals surface area (Å²) in [5.74, 6) is -0.276. The second-order valence-corrected chi connectivity index (χ2v) is 6.08. The third-order valence-corrected chi connectivity index (χ3v) is 4.38. The van der Waals surface area contributed by atoms with Crippen molar-refractivity contribution in [1.29, 1.82) is 0 Å². The summed E-state index contributed by atoms with van der Waals surface area (Å²) in [5, 5.41) is 6.30. The summed E-state index contributed by atoms with van der Waals surface area (Å²) in [4.78, 5) is 26.3. The molecule has 0 radical (unpaired) electrons. The van der Waals surface area contributed by atoms with E-state index < -0.39 is 6.04 Å². The number of ether oxygens (including phenoxy) is 1. The molecule has 2 fully saturated rings. The van der Waals surface area contributed by atoms with Gasteiger partial charge in [0, 0.05) is 19.1 Å². The Morgan fingerprint density at radius 1 is 1.35 bits per heavy atom. The molecule has 1 unspecified atom stereocenters. The van der Waals surface area contributed by atoms with Gasteiger partial charge in [0.2, 0.25) is 11.8 Å². The molecule has 1 aromatic rings. The van der Waals surface area contributed by atoms with E-state index >= 15 is 0 Å². The van der Waals surface area contributed by atoms with Gasteiger partial charge >= 0.3 is 0 Å². The number of hydrogen-bond acceptors (Lipinski definition) is 4. The highest BCUT2D eigenvalue weighted by Crippen LogP contribution is 2.14. The van der Waals surface area contributed by atoms with Gasteiger partial charge in [0.25, 0.3) is 0 Å². The summed E-state index contributed by atoms with van der Waals surface area (Å²) in [6.07, 6.45) is 2.22. The number of carbonyl (C=O) groups excluding carboxylic acids is 2. The standard InChI is InChI=1S/C17H23N3O3/c21-16-12-23-11-15(17(22)19-9-14-7-4-8-18-14)20(16)10-13-5-2-1-3-6-13/h1-3,5-6,14-15,18H,4,7-12H2,(H,19,22)/t14?,15-/m1/s1. The molecule has 0 spiro atoms. The molecule has 0 saturated carbocycles. The van der Waals surface area contributed by atoms with Gasteiger partial charge in [-0.15, -0.1) is 0 Å². The molecule has 23 heavy (non-hydrogen) atoms. The predicted molar refractivity (Wildman–Crippen MR) is 85.6 cm³/mol. The maximum absolute atomic E-state index is 12.5. The molecule has 6 heteroatoms. The lowest BCUT2D eigenvalue weighted by Gasteiger charge is -2.34. The number of carbonyl (C=O) groups is 2. The Labute approximate surface area is 136 Å². The van der Waals surface area contributed by atoms with E-state index in [0.717, 1.165) is 24.9 Å². The smallest absolute Gasteiger partial charge is 0.249 e. The Bertz CT molecular complexity index is 543. The summed E-state index contributed by atoms with van der Waals surface area (Å²) in [7, 11) is 0. The lowest BCUT2D eigenvalue weighted by Crippen LogP contribution is -2.56. The Balaban J connectivity index is 1.62. The summed E-state index contributed by atoms with van der Waals surface area (Å²) in [6, 6.07) is 9.49. The van der Waals surface area contributed by atoms with Crippen LogP contribution in [-0.4, -0.2) is 55.1 Å². The minimum atomic E-state index is -0.558. The lowest BCUT2D eigenvalue weighted by molar-refractivity contribution is -0.155. The quantitative estimate of drug-likeness (QED) is 0.818. The maximum Gasteiger partial charge on any atom is 0.249 e. The first kappa shape index (κ1) is 16.0. The molecule has 2 N–H and O–H groups in total. The summed E-state index contributed by atoms with van der Waals surface area (Å²) < 4.78 is 5.29. The molecule has 0 aliphatic carbocycles. The zero-order valence-electron chi connectivity index (χ0n) is 13.2. The zero-order valence-corrected chi connectivity index (χ0v) is 13.2. The Kier molecular flexibility index (Phi) is 5.25. The molecular formula is C17H23N3O3. The monoisotopic (exact) mass is 317 g/mol. The number of morpholine rings is 1. The van der Waals surface area contributed by atoms with E-state index in [1.54, 1.807) is 4.90 Å². The topological polar surface area (TPSA) is 70.7 Å². The number of nitrogens with zero attached hydrogens (tertiary/aromatic N) is 1. The number of rotatable bonds is 5. The van der Waals surface area contributed by atoms with Gasteiger partial charge in [0.1, 0.15) is 12.6 Å². The average Bonchev–Trinajstić information content (AvgIpc) is 3.09. The molecular weight excluding hydrogens is 294 g/mol. The minimum Gasteiger partial charge on any atom is -0.369 e. The molecule has 0 bridgehead atoms. The van der Waals surface area contributed by atoms with Gasteiger partial charge in [-0.1, -0.05) is 30.3 Å². The van der Waals surface area contributed by atoms with Crippen LogP contribution in [0.4, 0.5) is 0 Å². The van der Waals surface area contributed by atoms with Crippen LogP contribution in [0.2, 0.25) is 0 Å². The molecule has 124 valence electrons. The van der Waals surface area contributed by atoms with Gasteiger partial charge in [-0.3, -0.25) is 9.59 Å². The third-order valence-electron chi connectivity index (χ3n) is 4.38. The summed E-state index contributed by atoms with van der Waals surface area (Å²) >= 11 is 0. The van der Waals surface area contributed by atoms with Crippen molar-refractivity contribution in [2.45, 2.75) is 31.5 Å². The normalized spacial score (nSPS) is 24.7. The van der Waals surface area contributed by atoms with Crippen LogP contribution in [0.1, 0.15) is 18.4 Å². The first-order chi connectivity index (χ1) is 11.2. The fourth-order valence-electron chi connectivity index (χ4n) is 3.07. The van der Waals surface area contributed by atoms with Gasteiger partial charge in [-0.25, -0.2) is 0 Å². The molecule has 2 heterocycles. The second kappa shape index (κ2) is 7.57. The third kappa shape index (κ3) is 4.09. The number of benzene rings is 1. The van der Waals surface area contributed by atoms with Crippen molar-refractivity contribution in [3.8, 4) is 0 Å². The van der Waals surface area contributed by atoms with Crippen molar-refractivity contribution in [2.75, 3.05) is 26.3 Å². The summed E-state index contributed by atoms with van der Waals surface area (Å²) in [5.41, 5.74) is 1.01. The van der Waals surface area contributed by atoms with Gasteiger partial charge in [-0.05, 0) is 24.9 Å². The first-order valence-corrected chi connectivity index (χ1v) is 8.16. The van der Waals surface area contributed by atoms with E-state index in [9.17, 15) is 9.59 Å². The van der Waals surface area contributed by atoms with Gasteiger partial charge in [-0.2, -0.15) is 0 Å². The van der Waals surface area contributed by atoms with Crippen molar-refractivity contribution >= 4 is 11.8 Å². The molecule has 3 rings (SSSR count). The highest BCUT2D eigenvalue weighted by molar-refractivity contribution is 5.89. The maximum atomic E-state index is 12.5. The summed E-state index contributed by atoms with van der Waals surface area (Å²) in [6.45, 7) is 2.33. The van der Waals surface area contributed by atoms with E-state index in [0.29, 0.717) is 19.1 Å². The van der Waals surface area contributed by atoms with Crippen LogP contribution in [0, 0.1) is 0 Å². The van der Waals surface area contributed by atoms with E-state index in [1.807, 2.05) is 30.3 Å². The molecule has 2 saturated heterocycles. The van der Waals surface area contributed by atoms with Crippen LogP contribution in [0.15, 0.2) is 30.3 Å². The Morgan fingerprint density at radius 3 is 2.91 bits per heavy atom. The van der Waals surface area contributed by atoms with Gasteiger partial charge in [0.15, 0.2) is 0 Å².